The van der Waals surface area contributed by atoms with Gasteiger partial charge in [-0.05, 0) is 35.7 Å². The number of nitrogens with zero attached hydrogens (tertiary/aromatic N) is 1. The molecule has 1 aliphatic heterocycles. The minimum Gasteiger partial charge on any atom is -0.506 e. The van der Waals surface area contributed by atoms with Crippen LogP contribution in [-0.4, -0.2) is 16.6 Å². The van der Waals surface area contributed by atoms with Crippen molar-refractivity contribution >= 4 is 76.9 Å². The van der Waals surface area contributed by atoms with E-state index < -0.39 is 0 Å². The molecule has 0 spiro atoms. The number of Topliss-reactive ketones (excluding diaryl/α,β-unsaturated/α-hetero) is 1. The van der Waals surface area contributed by atoms with E-state index in [4.69, 9.17) is 11.6 Å². The number of thiophene rings is 1. The number of halogens is 2. The minimum atomic E-state index is -0.182. The Balaban J connectivity index is 1.78. The Morgan fingerprint density at radius 2 is 1.96 bits per heavy atom. The average Bonchev–Trinajstić information content (AvgIpc) is 3.13. The summed E-state index contributed by atoms with van der Waals surface area (Å²) in [5, 5.41) is 13.9. The number of rotatable bonds is 1. The molecule has 0 amide bonds. The van der Waals surface area contributed by atoms with E-state index in [0.29, 0.717) is 26.5 Å². The zero-order valence-electron chi connectivity index (χ0n) is 13.1. The van der Waals surface area contributed by atoms with Gasteiger partial charge in [-0.1, -0.05) is 45.7 Å². The lowest BCUT2D eigenvalue weighted by Gasteiger charge is -2.01. The molecule has 0 unspecified atom stereocenters. The molecule has 2 heterocycles. The molecule has 0 fully saturated rings. The van der Waals surface area contributed by atoms with Crippen molar-refractivity contribution in [3.05, 3.63) is 68.5 Å². The van der Waals surface area contributed by atoms with Gasteiger partial charge in [0.2, 0.25) is 5.78 Å². The molecule has 0 aliphatic carbocycles. The fraction of sp³-hybridized carbons (Fsp3) is 0. The van der Waals surface area contributed by atoms with Crippen LogP contribution in [0.15, 0.2) is 58.0 Å². The first-order valence-electron chi connectivity index (χ1n) is 7.80. The lowest BCUT2D eigenvalue weighted by Crippen LogP contribution is -2.09. The maximum atomic E-state index is 12.8. The van der Waals surface area contributed by atoms with Crippen molar-refractivity contribution < 1.29 is 9.90 Å². The highest BCUT2D eigenvalue weighted by atomic mass is 79.9. The Kier molecular flexibility index (Phi) is 3.47. The number of carbonyl (C=O) groups is 1. The molecule has 1 aromatic heterocycles. The van der Waals surface area contributed by atoms with Crippen LogP contribution in [0.3, 0.4) is 0 Å². The van der Waals surface area contributed by atoms with Crippen LogP contribution in [0.25, 0.3) is 20.9 Å². The quantitative estimate of drug-likeness (QED) is 0.366. The molecular weight excluding hydrogens is 434 g/mol. The molecule has 3 aromatic carbocycles. The second-order valence-electron chi connectivity index (χ2n) is 6.01. The Morgan fingerprint density at radius 1 is 1.12 bits per heavy atom. The summed E-state index contributed by atoms with van der Waals surface area (Å²) in [5.41, 5.74) is 1.43. The topological polar surface area (TPSA) is 49.7 Å². The molecule has 3 nitrogen and oxygen atoms in total. The molecule has 1 N–H and O–H groups in total. The van der Waals surface area contributed by atoms with E-state index in [9.17, 15) is 9.90 Å². The van der Waals surface area contributed by atoms with E-state index in [0.717, 1.165) is 19.9 Å². The summed E-state index contributed by atoms with van der Waals surface area (Å²) >= 11 is 11.1. The van der Waals surface area contributed by atoms with Crippen molar-refractivity contribution in [1.82, 2.24) is 0 Å². The van der Waals surface area contributed by atoms with Gasteiger partial charge in [0.25, 0.3) is 0 Å². The number of hydrogen-bond acceptors (Lipinski definition) is 4. The first-order valence-corrected chi connectivity index (χ1v) is 9.79. The van der Waals surface area contributed by atoms with Crippen LogP contribution in [0.4, 0.5) is 5.69 Å². The molecule has 0 radical (unpaired) electrons. The molecule has 0 saturated carbocycles. The van der Waals surface area contributed by atoms with Crippen LogP contribution in [0.5, 0.6) is 5.75 Å². The van der Waals surface area contributed by atoms with Gasteiger partial charge in [-0.2, -0.15) is 0 Å². The molecule has 0 atom stereocenters. The zero-order chi connectivity index (χ0) is 18.0. The molecule has 26 heavy (non-hydrogen) atoms. The normalized spacial score (nSPS) is 13.5. The summed E-state index contributed by atoms with van der Waals surface area (Å²) in [5.74, 6) is -0.107. The van der Waals surface area contributed by atoms with Crippen LogP contribution in [0.1, 0.15) is 15.2 Å². The summed E-state index contributed by atoms with van der Waals surface area (Å²) in [4.78, 5) is 17.8. The Hall–Kier alpha value is -2.21. The van der Waals surface area contributed by atoms with Gasteiger partial charge in [0, 0.05) is 25.0 Å². The van der Waals surface area contributed by atoms with Crippen LogP contribution in [0, 0.1) is 0 Å². The minimum absolute atomic E-state index is 0.0748. The van der Waals surface area contributed by atoms with Crippen LogP contribution in [-0.2, 0) is 0 Å². The molecule has 4 aromatic rings. The molecule has 0 saturated heterocycles. The van der Waals surface area contributed by atoms with Gasteiger partial charge < -0.3 is 5.11 Å². The van der Waals surface area contributed by atoms with E-state index in [2.05, 4.69) is 20.9 Å². The average molecular weight is 443 g/mol. The highest BCUT2D eigenvalue weighted by Gasteiger charge is 2.30. The monoisotopic (exact) mass is 441 g/mol. The van der Waals surface area contributed by atoms with Gasteiger partial charge >= 0.3 is 0 Å². The van der Waals surface area contributed by atoms with Crippen LogP contribution >= 0.6 is 38.9 Å². The number of hydrogen-bond donors (Lipinski definition) is 1. The van der Waals surface area contributed by atoms with E-state index in [1.165, 1.54) is 11.3 Å². The second kappa shape index (κ2) is 5.64. The van der Waals surface area contributed by atoms with Crippen molar-refractivity contribution in [1.29, 1.82) is 0 Å². The number of carbonyl (C=O) groups excluding carboxylic acids is 1. The maximum absolute atomic E-state index is 12.8. The molecule has 126 valence electrons. The number of aliphatic imine (C=N–C) groups is 1. The number of benzene rings is 3. The van der Waals surface area contributed by atoms with Gasteiger partial charge in [0.1, 0.15) is 11.5 Å². The van der Waals surface area contributed by atoms with Gasteiger partial charge in [-0.25, -0.2) is 4.99 Å². The highest BCUT2D eigenvalue weighted by Crippen LogP contribution is 2.45. The number of ketones is 1. The standard InChI is InChI=1S/C20H9BrClNO2S/c21-10-5-7-14-12(8-10)17(24)16(23-14)20-18(25)11-6-4-9-2-1-3-13(22)15(9)19(11)26-20/h1-8,25H. The lowest BCUT2D eigenvalue weighted by molar-refractivity contribution is 0.107. The predicted molar refractivity (Wildman–Crippen MR) is 111 cm³/mol. The smallest absolute Gasteiger partial charge is 0.215 e. The van der Waals surface area contributed by atoms with E-state index in [1.54, 1.807) is 12.1 Å². The van der Waals surface area contributed by atoms with Gasteiger partial charge in [-0.15, -0.1) is 11.3 Å². The number of aromatic hydroxyl groups is 1. The highest BCUT2D eigenvalue weighted by molar-refractivity contribution is 9.10. The summed E-state index contributed by atoms with van der Waals surface area (Å²) < 4.78 is 1.67. The van der Waals surface area contributed by atoms with Crippen LogP contribution in [0.2, 0.25) is 5.02 Å². The molecule has 6 heteroatoms. The van der Waals surface area contributed by atoms with E-state index >= 15 is 0 Å². The fourth-order valence-electron chi connectivity index (χ4n) is 3.27. The van der Waals surface area contributed by atoms with Crippen molar-refractivity contribution in [2.24, 2.45) is 4.99 Å². The van der Waals surface area contributed by atoms with Crippen LogP contribution < -0.4 is 0 Å². The van der Waals surface area contributed by atoms with E-state index in [1.807, 2.05) is 36.4 Å². The first-order chi connectivity index (χ1) is 12.5. The van der Waals surface area contributed by atoms with Gasteiger partial charge in [0.15, 0.2) is 0 Å². The summed E-state index contributed by atoms with van der Waals surface area (Å²) in [6, 6.07) is 14.9. The SMILES string of the molecule is O=C1C(c2sc3c(ccc4cccc(Cl)c43)c2O)=Nc2ccc(Br)cc21. The first kappa shape index (κ1) is 16.0. The van der Waals surface area contributed by atoms with Crippen molar-refractivity contribution in [2.45, 2.75) is 0 Å². The summed E-state index contributed by atoms with van der Waals surface area (Å²) in [7, 11) is 0. The lowest BCUT2D eigenvalue weighted by atomic mass is 10.1. The molecule has 1 aliphatic rings. The zero-order valence-corrected chi connectivity index (χ0v) is 16.2. The second-order valence-corrected chi connectivity index (χ2v) is 8.35. The van der Waals surface area contributed by atoms with Crippen molar-refractivity contribution in [3.8, 4) is 5.75 Å². The van der Waals surface area contributed by atoms with Crippen molar-refractivity contribution in [2.75, 3.05) is 0 Å². The van der Waals surface area contributed by atoms with E-state index in [-0.39, 0.29) is 17.2 Å². The maximum Gasteiger partial charge on any atom is 0.215 e. The Bertz CT molecular complexity index is 1290. The molecular formula is C20H9BrClNO2S. The number of fused-ring (bicyclic) bond motifs is 4. The van der Waals surface area contributed by atoms with Gasteiger partial charge in [0.05, 0.1) is 16.1 Å². The largest absolute Gasteiger partial charge is 0.506 e. The molecule has 0 bridgehead atoms. The molecule has 5 rings (SSSR count). The predicted octanol–water partition coefficient (Wildman–Crippen LogP) is 6.49. The summed E-state index contributed by atoms with van der Waals surface area (Å²) in [6.07, 6.45) is 0. The third-order valence-corrected chi connectivity index (χ3v) is 6.51. The fourth-order valence-corrected chi connectivity index (χ4v) is 5.21. The Labute approximate surface area is 165 Å². The summed E-state index contributed by atoms with van der Waals surface area (Å²) in [6.45, 7) is 0. The Morgan fingerprint density at radius 3 is 2.81 bits per heavy atom. The van der Waals surface area contributed by atoms with Crippen molar-refractivity contribution in [3.63, 3.8) is 0 Å². The van der Waals surface area contributed by atoms with Gasteiger partial charge in [-0.3, -0.25) is 4.79 Å². The third kappa shape index (κ3) is 2.18. The third-order valence-electron chi connectivity index (χ3n) is 4.49.